The molecule has 24 heavy (non-hydrogen) atoms. The van der Waals surface area contributed by atoms with E-state index in [0.717, 1.165) is 44.9 Å². The molecule has 0 heterocycles. The van der Waals surface area contributed by atoms with E-state index in [1.807, 2.05) is 6.08 Å². The second kappa shape index (κ2) is 20.7. The zero-order valence-corrected chi connectivity index (χ0v) is 14.9. The van der Waals surface area contributed by atoms with Gasteiger partial charge in [-0.2, -0.15) is 5.26 Å². The van der Waals surface area contributed by atoms with Crippen LogP contribution in [0, 0.1) is 11.5 Å². The van der Waals surface area contributed by atoms with Crippen molar-refractivity contribution >= 4 is 0 Å². The summed E-state index contributed by atoms with van der Waals surface area (Å²) in [6.45, 7) is 2.62. The van der Waals surface area contributed by atoms with Crippen molar-refractivity contribution in [3.05, 3.63) is 72.9 Å². The SMILES string of the molecule is CC/C=C\C/C=C\C/C=C\C/C=C\C/C=C\C/C=C\CCOC#N. The van der Waals surface area contributed by atoms with E-state index in [2.05, 4.69) is 78.5 Å². The van der Waals surface area contributed by atoms with Crippen molar-refractivity contribution in [3.63, 3.8) is 0 Å². The van der Waals surface area contributed by atoms with E-state index in [4.69, 9.17) is 5.26 Å². The van der Waals surface area contributed by atoms with Crippen LogP contribution in [0.25, 0.3) is 0 Å². The minimum Gasteiger partial charge on any atom is -0.427 e. The van der Waals surface area contributed by atoms with Gasteiger partial charge < -0.3 is 4.74 Å². The molecule has 2 heteroatoms. The van der Waals surface area contributed by atoms with E-state index < -0.39 is 0 Å². The van der Waals surface area contributed by atoms with Gasteiger partial charge in [-0.1, -0.05) is 79.8 Å². The first-order chi connectivity index (χ1) is 11.9. The normalized spacial score (nSPS) is 12.7. The summed E-state index contributed by atoms with van der Waals surface area (Å²) in [7, 11) is 0. The van der Waals surface area contributed by atoms with Crippen LogP contribution in [0.2, 0.25) is 0 Å². The van der Waals surface area contributed by atoms with E-state index >= 15 is 0 Å². The monoisotopic (exact) mass is 325 g/mol. The lowest BCUT2D eigenvalue weighted by atomic mass is 10.2. The number of nitrogens with zero attached hydrogens (tertiary/aromatic N) is 1. The van der Waals surface area contributed by atoms with Gasteiger partial charge in [0.1, 0.15) is 6.61 Å². The summed E-state index contributed by atoms with van der Waals surface area (Å²) in [5.41, 5.74) is 0. The molecule has 2 nitrogen and oxygen atoms in total. The van der Waals surface area contributed by atoms with Crippen molar-refractivity contribution in [2.24, 2.45) is 0 Å². The predicted octanol–water partition coefficient (Wildman–Crippen LogP) is 6.57. The Labute approximate surface area is 148 Å². The van der Waals surface area contributed by atoms with E-state index in [0.29, 0.717) is 6.61 Å². The molecule has 0 aromatic carbocycles. The highest BCUT2D eigenvalue weighted by molar-refractivity contribution is 5.01. The van der Waals surface area contributed by atoms with Gasteiger partial charge in [0.25, 0.3) is 6.26 Å². The maximum Gasteiger partial charge on any atom is 0.286 e. The second-order valence-electron chi connectivity index (χ2n) is 5.14. The molecule has 0 aromatic rings. The molecule has 0 unspecified atom stereocenters. The van der Waals surface area contributed by atoms with Gasteiger partial charge in [0.15, 0.2) is 0 Å². The van der Waals surface area contributed by atoms with Gasteiger partial charge in [0, 0.05) is 6.42 Å². The Morgan fingerprint density at radius 2 is 1.00 bits per heavy atom. The lowest BCUT2D eigenvalue weighted by Gasteiger charge is -1.89. The van der Waals surface area contributed by atoms with Crippen molar-refractivity contribution in [2.45, 2.75) is 51.9 Å². The van der Waals surface area contributed by atoms with Crippen molar-refractivity contribution in [2.75, 3.05) is 6.61 Å². The third-order valence-electron chi connectivity index (χ3n) is 3.05. The number of nitriles is 1. The molecule has 0 N–H and O–H groups in total. The fourth-order valence-corrected chi connectivity index (χ4v) is 1.81. The topological polar surface area (TPSA) is 33.0 Å². The predicted molar refractivity (Wildman–Crippen MR) is 104 cm³/mol. The molecule has 0 rings (SSSR count). The van der Waals surface area contributed by atoms with Crippen molar-refractivity contribution in [1.29, 1.82) is 5.26 Å². The summed E-state index contributed by atoms with van der Waals surface area (Å²) in [6, 6.07) is 0. The van der Waals surface area contributed by atoms with Gasteiger partial charge >= 0.3 is 0 Å². The summed E-state index contributed by atoms with van der Waals surface area (Å²) in [5, 5.41) is 8.19. The number of hydrogen-bond donors (Lipinski definition) is 0. The summed E-state index contributed by atoms with van der Waals surface area (Å²) in [4.78, 5) is 0. The Bertz CT molecular complexity index is 473. The van der Waals surface area contributed by atoms with Crippen LogP contribution in [-0.2, 0) is 4.74 Å². The molecular formula is C22H31NO. The number of ether oxygens (including phenoxy) is 1. The van der Waals surface area contributed by atoms with Gasteiger partial charge in [0.2, 0.25) is 0 Å². The summed E-state index contributed by atoms with van der Waals surface area (Å²) >= 11 is 0. The highest BCUT2D eigenvalue weighted by Gasteiger charge is 1.79. The molecule has 0 atom stereocenters. The smallest absolute Gasteiger partial charge is 0.286 e. The molecule has 130 valence electrons. The van der Waals surface area contributed by atoms with Gasteiger partial charge in [0.05, 0.1) is 0 Å². The van der Waals surface area contributed by atoms with Crippen LogP contribution in [0.1, 0.15) is 51.9 Å². The van der Waals surface area contributed by atoms with Crippen LogP contribution in [0.3, 0.4) is 0 Å². The van der Waals surface area contributed by atoms with Gasteiger partial charge in [-0.15, -0.1) is 0 Å². The fourth-order valence-electron chi connectivity index (χ4n) is 1.81. The number of allylic oxidation sites excluding steroid dienone is 11. The minimum atomic E-state index is 0.471. The molecule has 0 amide bonds. The molecule has 0 bridgehead atoms. The quantitative estimate of drug-likeness (QED) is 0.205. The fraction of sp³-hybridized carbons (Fsp3) is 0.409. The third kappa shape index (κ3) is 19.7. The Balaban J connectivity index is 3.48. The first-order valence-corrected chi connectivity index (χ1v) is 8.82. The van der Waals surface area contributed by atoms with E-state index in [9.17, 15) is 0 Å². The molecule has 0 radical (unpaired) electrons. The molecule has 0 saturated heterocycles. The van der Waals surface area contributed by atoms with Crippen LogP contribution in [-0.4, -0.2) is 6.61 Å². The Morgan fingerprint density at radius 1 is 0.625 bits per heavy atom. The van der Waals surface area contributed by atoms with Crippen molar-refractivity contribution in [3.8, 4) is 6.26 Å². The first kappa shape index (κ1) is 21.7. The lowest BCUT2D eigenvalue weighted by molar-refractivity contribution is 0.277. The number of rotatable bonds is 14. The van der Waals surface area contributed by atoms with Crippen LogP contribution >= 0.6 is 0 Å². The van der Waals surface area contributed by atoms with Crippen molar-refractivity contribution < 1.29 is 4.74 Å². The Kier molecular flexibility index (Phi) is 18.8. The average molecular weight is 325 g/mol. The summed E-state index contributed by atoms with van der Waals surface area (Å²) < 4.78 is 4.58. The molecule has 0 aliphatic rings. The van der Waals surface area contributed by atoms with E-state index in [1.54, 1.807) is 6.26 Å². The molecular weight excluding hydrogens is 294 g/mol. The lowest BCUT2D eigenvalue weighted by Crippen LogP contribution is -1.82. The highest BCUT2D eigenvalue weighted by Crippen LogP contribution is 1.96. The first-order valence-electron chi connectivity index (χ1n) is 8.82. The molecule has 0 saturated carbocycles. The minimum absolute atomic E-state index is 0.471. The van der Waals surface area contributed by atoms with Crippen LogP contribution < -0.4 is 0 Å². The number of hydrogen-bond acceptors (Lipinski definition) is 2. The summed E-state index contributed by atoms with van der Waals surface area (Å²) in [5.74, 6) is 0. The van der Waals surface area contributed by atoms with Crippen molar-refractivity contribution in [1.82, 2.24) is 0 Å². The van der Waals surface area contributed by atoms with Gasteiger partial charge in [-0.25, -0.2) is 0 Å². The van der Waals surface area contributed by atoms with Crippen LogP contribution in [0.15, 0.2) is 72.9 Å². The Morgan fingerprint density at radius 3 is 1.38 bits per heavy atom. The maximum absolute atomic E-state index is 8.19. The summed E-state index contributed by atoms with van der Waals surface area (Å²) in [6.07, 6.45) is 34.6. The van der Waals surface area contributed by atoms with E-state index in [1.165, 1.54) is 0 Å². The average Bonchev–Trinajstić information content (AvgIpc) is 2.60. The third-order valence-corrected chi connectivity index (χ3v) is 3.05. The van der Waals surface area contributed by atoms with Gasteiger partial charge in [-0.3, -0.25) is 0 Å². The molecule has 0 aromatic heterocycles. The zero-order chi connectivity index (χ0) is 17.6. The molecule has 0 aliphatic heterocycles. The zero-order valence-electron chi connectivity index (χ0n) is 14.9. The molecule has 0 aliphatic carbocycles. The van der Waals surface area contributed by atoms with Crippen LogP contribution in [0.5, 0.6) is 0 Å². The Hall–Kier alpha value is -2.27. The molecule has 0 spiro atoms. The molecule has 0 fully saturated rings. The van der Waals surface area contributed by atoms with Gasteiger partial charge in [-0.05, 0) is 38.5 Å². The van der Waals surface area contributed by atoms with E-state index in [-0.39, 0.29) is 0 Å². The maximum atomic E-state index is 8.19. The largest absolute Gasteiger partial charge is 0.427 e. The van der Waals surface area contributed by atoms with Crippen LogP contribution in [0.4, 0.5) is 0 Å². The standard InChI is InChI=1S/C22H31NO/c1-2-3-4-5-6-7-8-9-10-11-12-13-14-15-16-17-18-19-20-21-24-22-23/h3-4,6-7,9-10,12-13,15-16,18-19H,2,5,8,11,14,17,20-21H2,1H3/b4-3-,7-6-,10-9-,13-12-,16-15-,19-18-. The highest BCUT2D eigenvalue weighted by atomic mass is 16.5. The second-order valence-corrected chi connectivity index (χ2v) is 5.14.